The van der Waals surface area contributed by atoms with Gasteiger partial charge in [-0.3, -0.25) is 9.59 Å². The third-order valence-corrected chi connectivity index (χ3v) is 3.43. The molecular formula is C18H21NO3. The monoisotopic (exact) mass is 299 g/mol. The van der Waals surface area contributed by atoms with E-state index in [9.17, 15) is 9.59 Å². The Morgan fingerprint density at radius 3 is 2.50 bits per heavy atom. The lowest BCUT2D eigenvalue weighted by atomic mass is 10.0. The van der Waals surface area contributed by atoms with Gasteiger partial charge in [-0.05, 0) is 24.1 Å². The van der Waals surface area contributed by atoms with Gasteiger partial charge >= 0.3 is 0 Å². The van der Waals surface area contributed by atoms with Crippen molar-refractivity contribution in [3.8, 4) is 0 Å². The lowest BCUT2D eigenvalue weighted by Gasteiger charge is -2.04. The Balaban J connectivity index is 1.75. The van der Waals surface area contributed by atoms with E-state index in [0.717, 1.165) is 12.8 Å². The van der Waals surface area contributed by atoms with Crippen molar-refractivity contribution >= 4 is 11.7 Å². The van der Waals surface area contributed by atoms with E-state index in [0.29, 0.717) is 17.9 Å². The van der Waals surface area contributed by atoms with E-state index in [1.54, 1.807) is 18.4 Å². The summed E-state index contributed by atoms with van der Waals surface area (Å²) in [6.07, 6.45) is 4.08. The smallest absolute Gasteiger partial charge is 0.220 e. The summed E-state index contributed by atoms with van der Waals surface area (Å²) in [7, 11) is 0. The molecule has 4 nitrogen and oxygen atoms in total. The molecule has 116 valence electrons. The highest BCUT2D eigenvalue weighted by Crippen LogP contribution is 2.10. The maximum atomic E-state index is 12.1. The van der Waals surface area contributed by atoms with Gasteiger partial charge in [-0.25, -0.2) is 0 Å². The SMILES string of the molecule is CCCc1ccc(C(=O)CCC(=O)NCc2ccco2)cc1. The number of Topliss-reactive ketones (excluding diaryl/α,β-unsaturated/α-hetero) is 1. The predicted molar refractivity (Wildman–Crippen MR) is 84.6 cm³/mol. The number of hydrogen-bond acceptors (Lipinski definition) is 3. The molecule has 1 N–H and O–H groups in total. The van der Waals surface area contributed by atoms with Crippen LogP contribution in [0.1, 0.15) is 47.9 Å². The van der Waals surface area contributed by atoms with Crippen molar-refractivity contribution in [3.05, 3.63) is 59.5 Å². The van der Waals surface area contributed by atoms with Gasteiger partial charge < -0.3 is 9.73 Å². The highest BCUT2D eigenvalue weighted by Gasteiger charge is 2.09. The van der Waals surface area contributed by atoms with Gasteiger partial charge in [0.2, 0.25) is 5.91 Å². The second-order valence-corrected chi connectivity index (χ2v) is 5.23. The van der Waals surface area contributed by atoms with Crippen LogP contribution in [0, 0.1) is 0 Å². The highest BCUT2D eigenvalue weighted by molar-refractivity contribution is 5.97. The summed E-state index contributed by atoms with van der Waals surface area (Å²) >= 11 is 0. The zero-order valence-corrected chi connectivity index (χ0v) is 12.8. The minimum absolute atomic E-state index is 0.00352. The molecule has 0 unspecified atom stereocenters. The summed E-state index contributed by atoms with van der Waals surface area (Å²) in [5.74, 6) is 0.551. The minimum atomic E-state index is -0.146. The Kier molecular flexibility index (Phi) is 5.95. The predicted octanol–water partition coefficient (Wildman–Crippen LogP) is 3.51. The number of amides is 1. The van der Waals surface area contributed by atoms with E-state index in [4.69, 9.17) is 4.42 Å². The van der Waals surface area contributed by atoms with E-state index < -0.39 is 0 Å². The largest absolute Gasteiger partial charge is 0.467 e. The van der Waals surface area contributed by atoms with E-state index >= 15 is 0 Å². The molecule has 1 heterocycles. The standard InChI is InChI=1S/C18H21NO3/c1-2-4-14-6-8-15(9-7-14)17(20)10-11-18(21)19-13-16-5-3-12-22-16/h3,5-9,12H,2,4,10-11,13H2,1H3,(H,19,21). The van der Waals surface area contributed by atoms with Crippen LogP contribution >= 0.6 is 0 Å². The molecule has 22 heavy (non-hydrogen) atoms. The van der Waals surface area contributed by atoms with E-state index in [2.05, 4.69) is 12.2 Å². The number of rotatable bonds is 8. The van der Waals surface area contributed by atoms with Crippen molar-refractivity contribution < 1.29 is 14.0 Å². The van der Waals surface area contributed by atoms with Crippen LogP contribution in [0.4, 0.5) is 0 Å². The van der Waals surface area contributed by atoms with Gasteiger partial charge in [0.05, 0.1) is 12.8 Å². The molecular weight excluding hydrogens is 278 g/mol. The van der Waals surface area contributed by atoms with Crippen molar-refractivity contribution in [2.75, 3.05) is 0 Å². The van der Waals surface area contributed by atoms with Crippen molar-refractivity contribution in [1.82, 2.24) is 5.32 Å². The van der Waals surface area contributed by atoms with Crippen molar-refractivity contribution in [2.24, 2.45) is 0 Å². The lowest BCUT2D eigenvalue weighted by molar-refractivity contribution is -0.121. The molecule has 0 bridgehead atoms. The fourth-order valence-corrected chi connectivity index (χ4v) is 2.20. The molecule has 1 amide bonds. The van der Waals surface area contributed by atoms with Crippen LogP contribution in [-0.2, 0) is 17.8 Å². The molecule has 0 saturated carbocycles. The Hall–Kier alpha value is -2.36. The fourth-order valence-electron chi connectivity index (χ4n) is 2.20. The molecule has 0 fully saturated rings. The Morgan fingerprint density at radius 1 is 1.09 bits per heavy atom. The van der Waals surface area contributed by atoms with Gasteiger partial charge in [-0.15, -0.1) is 0 Å². The highest BCUT2D eigenvalue weighted by atomic mass is 16.3. The van der Waals surface area contributed by atoms with Crippen LogP contribution in [0.3, 0.4) is 0 Å². The summed E-state index contributed by atoms with van der Waals surface area (Å²) in [4.78, 5) is 23.8. The maximum absolute atomic E-state index is 12.1. The number of ketones is 1. The van der Waals surface area contributed by atoms with Gasteiger partial charge in [0, 0.05) is 18.4 Å². The van der Waals surface area contributed by atoms with Gasteiger partial charge in [0.15, 0.2) is 5.78 Å². The lowest BCUT2D eigenvalue weighted by Crippen LogP contribution is -2.23. The average molecular weight is 299 g/mol. The summed E-state index contributed by atoms with van der Waals surface area (Å²) in [5, 5.41) is 2.73. The normalized spacial score (nSPS) is 10.4. The summed E-state index contributed by atoms with van der Waals surface area (Å²) in [6.45, 7) is 2.48. The van der Waals surface area contributed by atoms with Crippen molar-refractivity contribution in [1.29, 1.82) is 0 Å². The van der Waals surface area contributed by atoms with Crippen LogP contribution in [0.2, 0.25) is 0 Å². The van der Waals surface area contributed by atoms with Crippen LogP contribution in [0.15, 0.2) is 47.1 Å². The molecule has 4 heteroatoms. The Bertz CT molecular complexity index is 600. The van der Waals surface area contributed by atoms with E-state index in [-0.39, 0.29) is 24.5 Å². The second-order valence-electron chi connectivity index (χ2n) is 5.23. The van der Waals surface area contributed by atoms with Crippen LogP contribution < -0.4 is 5.32 Å². The van der Waals surface area contributed by atoms with Crippen molar-refractivity contribution in [3.63, 3.8) is 0 Å². The molecule has 2 aromatic rings. The number of carbonyl (C=O) groups excluding carboxylic acids is 2. The number of nitrogens with one attached hydrogen (secondary N) is 1. The fraction of sp³-hybridized carbons (Fsp3) is 0.333. The first-order valence-corrected chi connectivity index (χ1v) is 7.60. The third kappa shape index (κ3) is 4.88. The van der Waals surface area contributed by atoms with Gasteiger partial charge in [0.1, 0.15) is 5.76 Å². The number of benzene rings is 1. The second kappa shape index (κ2) is 8.17. The molecule has 0 radical (unpaired) electrons. The first-order chi connectivity index (χ1) is 10.7. The van der Waals surface area contributed by atoms with Crippen LogP contribution in [0.25, 0.3) is 0 Å². The number of furan rings is 1. The van der Waals surface area contributed by atoms with E-state index in [1.165, 1.54) is 5.56 Å². The molecule has 0 atom stereocenters. The molecule has 2 rings (SSSR count). The molecule has 1 aromatic heterocycles. The topological polar surface area (TPSA) is 59.3 Å². The van der Waals surface area contributed by atoms with Crippen LogP contribution in [0.5, 0.6) is 0 Å². The minimum Gasteiger partial charge on any atom is -0.467 e. The van der Waals surface area contributed by atoms with Crippen molar-refractivity contribution in [2.45, 2.75) is 39.2 Å². The molecule has 1 aromatic carbocycles. The van der Waals surface area contributed by atoms with E-state index in [1.807, 2.05) is 24.3 Å². The number of aryl methyl sites for hydroxylation is 1. The molecule has 0 spiro atoms. The summed E-state index contributed by atoms with van der Waals surface area (Å²) in [6, 6.07) is 11.2. The van der Waals surface area contributed by atoms with Gasteiger partial charge in [-0.2, -0.15) is 0 Å². The average Bonchev–Trinajstić information content (AvgIpc) is 3.05. The zero-order valence-electron chi connectivity index (χ0n) is 12.8. The van der Waals surface area contributed by atoms with Crippen LogP contribution in [-0.4, -0.2) is 11.7 Å². The summed E-state index contributed by atoms with van der Waals surface area (Å²) < 4.78 is 5.13. The Morgan fingerprint density at radius 2 is 1.86 bits per heavy atom. The maximum Gasteiger partial charge on any atom is 0.220 e. The molecule has 0 saturated heterocycles. The molecule has 0 aliphatic carbocycles. The third-order valence-electron chi connectivity index (χ3n) is 3.43. The first kappa shape index (κ1) is 16.0. The zero-order chi connectivity index (χ0) is 15.8. The van der Waals surface area contributed by atoms with Gasteiger partial charge in [-0.1, -0.05) is 37.6 Å². The van der Waals surface area contributed by atoms with Gasteiger partial charge in [0.25, 0.3) is 0 Å². The number of carbonyl (C=O) groups is 2. The quantitative estimate of drug-likeness (QED) is 0.759. The number of hydrogen-bond donors (Lipinski definition) is 1. The Labute approximate surface area is 130 Å². The first-order valence-electron chi connectivity index (χ1n) is 7.60. The molecule has 0 aliphatic heterocycles. The molecule has 0 aliphatic rings. The summed E-state index contributed by atoms with van der Waals surface area (Å²) in [5.41, 5.74) is 1.90.